The van der Waals surface area contributed by atoms with Gasteiger partial charge in [0, 0.05) is 13.3 Å². The molecule has 0 amide bonds. The molecule has 0 aromatic carbocycles. The second kappa shape index (κ2) is 17.9. The van der Waals surface area contributed by atoms with E-state index in [1.807, 2.05) is 6.92 Å². The van der Waals surface area contributed by atoms with Gasteiger partial charge in [0.2, 0.25) is 0 Å². The van der Waals surface area contributed by atoms with Crippen LogP contribution in [-0.4, -0.2) is 108 Å². The Bertz CT molecular complexity index is 1040. The van der Waals surface area contributed by atoms with Crippen molar-refractivity contribution in [2.45, 2.75) is 143 Å². The van der Waals surface area contributed by atoms with Gasteiger partial charge in [0.25, 0.3) is 0 Å². The van der Waals surface area contributed by atoms with Gasteiger partial charge in [0.05, 0.1) is 23.9 Å². The fourth-order valence-corrected chi connectivity index (χ4v) is 4.59. The molecule has 46 heavy (non-hydrogen) atoms. The number of unbranched alkanes of at least 4 members (excludes halogenated alkanes) is 1. The SMILES string of the molecule is CCCCC(=O)O[C@H]1[C@H](O[C@@H]2[C@@H](O)[C@H](OC(=O)C(C)C)[C@@H](COC(=O)C(C)C)O[C@H]2O)O[C@@H](C)[C@H](OC(=O)C(C)C)[C@H]1OC(C)=O. The van der Waals surface area contributed by atoms with Gasteiger partial charge < -0.3 is 48.1 Å². The second-order valence-corrected chi connectivity index (χ2v) is 12.4. The van der Waals surface area contributed by atoms with Crippen LogP contribution < -0.4 is 0 Å². The predicted molar refractivity (Wildman–Crippen MR) is 156 cm³/mol. The molecule has 0 radical (unpaired) electrons. The summed E-state index contributed by atoms with van der Waals surface area (Å²) in [5.41, 5.74) is 0. The molecule has 0 spiro atoms. The van der Waals surface area contributed by atoms with Crippen molar-refractivity contribution in [3.63, 3.8) is 0 Å². The zero-order valence-corrected chi connectivity index (χ0v) is 28.0. The first-order chi connectivity index (χ1) is 21.5. The van der Waals surface area contributed by atoms with E-state index in [4.69, 9.17) is 37.9 Å². The molecule has 0 aromatic heterocycles. The molecule has 15 nitrogen and oxygen atoms in total. The van der Waals surface area contributed by atoms with Crippen molar-refractivity contribution in [2.24, 2.45) is 17.8 Å². The van der Waals surface area contributed by atoms with Crippen molar-refractivity contribution in [3.8, 4) is 0 Å². The summed E-state index contributed by atoms with van der Waals surface area (Å²) in [6.45, 7) is 13.6. The first-order valence-corrected chi connectivity index (χ1v) is 15.7. The lowest BCUT2D eigenvalue weighted by molar-refractivity contribution is -0.360. The number of ether oxygens (including phenoxy) is 8. The Morgan fingerprint density at radius 1 is 0.717 bits per heavy atom. The predicted octanol–water partition coefficient (Wildman–Crippen LogP) is 1.56. The molecule has 0 saturated carbocycles. The van der Waals surface area contributed by atoms with Crippen LogP contribution in [0.15, 0.2) is 0 Å². The van der Waals surface area contributed by atoms with Gasteiger partial charge in [0.15, 0.2) is 37.0 Å². The van der Waals surface area contributed by atoms with Crippen LogP contribution in [0.3, 0.4) is 0 Å². The van der Waals surface area contributed by atoms with Gasteiger partial charge in [-0.25, -0.2) is 0 Å². The third-order valence-corrected chi connectivity index (χ3v) is 7.27. The number of rotatable bonds is 14. The minimum atomic E-state index is -1.88. The van der Waals surface area contributed by atoms with Gasteiger partial charge in [-0.05, 0) is 13.3 Å². The van der Waals surface area contributed by atoms with Crippen LogP contribution in [0.5, 0.6) is 0 Å². The Balaban J connectivity index is 2.45. The van der Waals surface area contributed by atoms with Crippen molar-refractivity contribution in [3.05, 3.63) is 0 Å². The third kappa shape index (κ3) is 10.9. The molecule has 2 aliphatic heterocycles. The summed E-state index contributed by atoms with van der Waals surface area (Å²) < 4.78 is 45.1. The van der Waals surface area contributed by atoms with Gasteiger partial charge in [0.1, 0.15) is 24.9 Å². The molecule has 2 heterocycles. The maximum absolute atomic E-state index is 12.8. The zero-order valence-electron chi connectivity index (χ0n) is 28.0. The van der Waals surface area contributed by atoms with E-state index in [1.165, 1.54) is 6.92 Å². The first-order valence-electron chi connectivity index (χ1n) is 15.7. The van der Waals surface area contributed by atoms with Crippen molar-refractivity contribution in [1.82, 2.24) is 0 Å². The van der Waals surface area contributed by atoms with Crippen molar-refractivity contribution >= 4 is 29.8 Å². The van der Waals surface area contributed by atoms with Crippen LogP contribution in [0.25, 0.3) is 0 Å². The van der Waals surface area contributed by atoms with E-state index in [2.05, 4.69) is 0 Å². The maximum Gasteiger partial charge on any atom is 0.308 e. The minimum Gasteiger partial charge on any atom is -0.463 e. The van der Waals surface area contributed by atoms with Crippen LogP contribution in [-0.2, 0) is 61.9 Å². The summed E-state index contributed by atoms with van der Waals surface area (Å²) in [6.07, 6.45) is -13.7. The first kappa shape index (κ1) is 39.3. The lowest BCUT2D eigenvalue weighted by Crippen LogP contribution is -2.66. The number of carbonyl (C=O) groups excluding carboxylic acids is 5. The smallest absolute Gasteiger partial charge is 0.308 e. The van der Waals surface area contributed by atoms with E-state index in [0.717, 1.165) is 6.92 Å². The molecular weight excluding hydrogens is 612 g/mol. The molecular formula is C31H50O15. The van der Waals surface area contributed by atoms with Crippen LogP contribution in [0.4, 0.5) is 0 Å². The molecule has 0 bridgehead atoms. The lowest BCUT2D eigenvalue weighted by Gasteiger charge is -2.47. The summed E-state index contributed by atoms with van der Waals surface area (Å²) in [7, 11) is 0. The van der Waals surface area contributed by atoms with E-state index in [-0.39, 0.29) is 6.42 Å². The van der Waals surface area contributed by atoms with Gasteiger partial charge in [-0.15, -0.1) is 0 Å². The van der Waals surface area contributed by atoms with Crippen LogP contribution >= 0.6 is 0 Å². The highest BCUT2D eigenvalue weighted by Gasteiger charge is 2.55. The van der Waals surface area contributed by atoms with Gasteiger partial charge >= 0.3 is 29.8 Å². The molecule has 2 fully saturated rings. The molecule has 0 aromatic rings. The highest BCUT2D eigenvalue weighted by Crippen LogP contribution is 2.34. The number of carbonyl (C=O) groups is 5. The quantitative estimate of drug-likeness (QED) is 0.200. The van der Waals surface area contributed by atoms with Gasteiger partial charge in [-0.3, -0.25) is 24.0 Å². The van der Waals surface area contributed by atoms with E-state index >= 15 is 0 Å². The van der Waals surface area contributed by atoms with Gasteiger partial charge in [-0.1, -0.05) is 54.9 Å². The molecule has 0 aliphatic carbocycles. The molecule has 2 rings (SSSR count). The number of aliphatic hydroxyl groups excluding tert-OH is 2. The third-order valence-electron chi connectivity index (χ3n) is 7.27. The largest absolute Gasteiger partial charge is 0.463 e. The Morgan fingerprint density at radius 3 is 1.80 bits per heavy atom. The van der Waals surface area contributed by atoms with E-state index in [1.54, 1.807) is 41.5 Å². The van der Waals surface area contributed by atoms with Crippen LogP contribution in [0.2, 0.25) is 0 Å². The number of aliphatic hydroxyl groups is 2. The molecule has 15 heteroatoms. The summed E-state index contributed by atoms with van der Waals surface area (Å²) in [4.78, 5) is 62.3. The number of esters is 5. The monoisotopic (exact) mass is 662 g/mol. The summed E-state index contributed by atoms with van der Waals surface area (Å²) in [6, 6.07) is 0. The van der Waals surface area contributed by atoms with E-state index in [0.29, 0.717) is 12.8 Å². The summed E-state index contributed by atoms with van der Waals surface area (Å²) >= 11 is 0. The Labute approximate surface area is 269 Å². The highest BCUT2D eigenvalue weighted by molar-refractivity contribution is 5.73. The molecule has 264 valence electrons. The molecule has 2 saturated heterocycles. The highest BCUT2D eigenvalue weighted by atomic mass is 16.8. The lowest BCUT2D eigenvalue weighted by atomic mass is 9.96. The molecule has 2 N–H and O–H groups in total. The Kier molecular flexibility index (Phi) is 15.3. The molecule has 10 atom stereocenters. The summed E-state index contributed by atoms with van der Waals surface area (Å²) in [5, 5.41) is 22.4. The fourth-order valence-electron chi connectivity index (χ4n) is 4.59. The topological polar surface area (TPSA) is 200 Å². The van der Waals surface area contributed by atoms with Crippen molar-refractivity contribution < 1.29 is 72.1 Å². The Morgan fingerprint density at radius 2 is 1.28 bits per heavy atom. The average molecular weight is 663 g/mol. The fraction of sp³-hybridized carbons (Fsp3) is 0.839. The van der Waals surface area contributed by atoms with E-state index < -0.39 is 116 Å². The normalized spacial score (nSPS) is 31.3. The van der Waals surface area contributed by atoms with Crippen molar-refractivity contribution in [1.29, 1.82) is 0 Å². The number of hydrogen-bond acceptors (Lipinski definition) is 15. The Hall–Kier alpha value is -2.85. The molecule has 2 aliphatic rings. The maximum atomic E-state index is 12.8. The zero-order chi connectivity index (χ0) is 34.9. The minimum absolute atomic E-state index is 0.000306. The second-order valence-electron chi connectivity index (χ2n) is 12.4. The van der Waals surface area contributed by atoms with Crippen LogP contribution in [0.1, 0.15) is 81.6 Å². The van der Waals surface area contributed by atoms with Crippen molar-refractivity contribution in [2.75, 3.05) is 6.61 Å². The standard InChI is InChI=1S/C31H50O15/c1-10-11-12-20(33)43-26-25(41-18(9)32)22(44-28(36)15(4)5)17(8)40-31(26)46-24-21(34)23(45-29(37)16(6)7)19(42-30(24)38)13-39-27(35)14(2)3/h14-17,19,21-26,30-31,34,38H,10-13H2,1-9H3/t17-,19+,21-,22-,23+,24+,25+,26+,30+,31-/m0/s1. The average Bonchev–Trinajstić information content (AvgIpc) is 2.97. The van der Waals surface area contributed by atoms with E-state index in [9.17, 15) is 34.2 Å². The van der Waals surface area contributed by atoms with Crippen LogP contribution in [0, 0.1) is 17.8 Å². The number of hydrogen-bond donors (Lipinski definition) is 2. The van der Waals surface area contributed by atoms with Gasteiger partial charge in [-0.2, -0.15) is 0 Å². The summed E-state index contributed by atoms with van der Waals surface area (Å²) in [5.74, 6) is -5.03. The molecule has 0 unspecified atom stereocenters.